The summed E-state index contributed by atoms with van der Waals surface area (Å²) in [7, 11) is 1.60. The summed E-state index contributed by atoms with van der Waals surface area (Å²) in [4.78, 5) is 4.95. The first-order valence-electron chi connectivity index (χ1n) is 4.33. The van der Waals surface area contributed by atoms with Crippen molar-refractivity contribution in [3.63, 3.8) is 0 Å². The van der Waals surface area contributed by atoms with Crippen LogP contribution in [-0.4, -0.2) is 21.7 Å². The molecule has 1 atom stereocenters. The molecular weight excluding hydrogens is 212 g/mol. The van der Waals surface area contributed by atoms with Gasteiger partial charge < -0.3 is 10.5 Å². The van der Waals surface area contributed by atoms with E-state index >= 15 is 0 Å². The van der Waals surface area contributed by atoms with Crippen LogP contribution in [-0.2, 0) is 0 Å². The highest BCUT2D eigenvalue weighted by Crippen LogP contribution is 2.23. The fourth-order valence-electron chi connectivity index (χ4n) is 1.19. The van der Waals surface area contributed by atoms with E-state index in [9.17, 15) is 0 Å². The van der Waals surface area contributed by atoms with Crippen LogP contribution in [0, 0.1) is 0 Å². The van der Waals surface area contributed by atoms with E-state index in [1.54, 1.807) is 25.7 Å². The molecule has 0 aromatic carbocycles. The molecule has 0 amide bonds. The lowest BCUT2D eigenvalue weighted by atomic mass is 10.1. The Bertz CT molecular complexity index is 431. The van der Waals surface area contributed by atoms with Gasteiger partial charge in [0.05, 0.1) is 30.4 Å². The summed E-state index contributed by atoms with van der Waals surface area (Å²) in [6, 6.07) is 1.62. The summed E-state index contributed by atoms with van der Waals surface area (Å²) >= 11 is 1.28. The third kappa shape index (κ3) is 2.11. The second-order valence-electron chi connectivity index (χ2n) is 2.96. The van der Waals surface area contributed by atoms with Gasteiger partial charge in [-0.2, -0.15) is 0 Å². The summed E-state index contributed by atoms with van der Waals surface area (Å²) in [5.74, 6) is 0.695. The quantitative estimate of drug-likeness (QED) is 0.838. The fourth-order valence-corrected chi connectivity index (χ4v) is 1.73. The normalized spacial score (nSPS) is 12.4. The third-order valence-corrected chi connectivity index (χ3v) is 2.76. The van der Waals surface area contributed by atoms with Gasteiger partial charge in [-0.25, -0.2) is 0 Å². The van der Waals surface area contributed by atoms with Crippen molar-refractivity contribution in [2.24, 2.45) is 5.73 Å². The van der Waals surface area contributed by atoms with Gasteiger partial charge in [0.25, 0.3) is 0 Å². The standard InChI is InChI=1S/C9H10N4OS/c1-14-7-2-6(3-11-4-7)9(10)8-5-12-13-15-8/h2-5,9H,10H2,1H3. The fraction of sp³-hybridized carbons (Fsp3) is 0.222. The maximum Gasteiger partial charge on any atom is 0.137 e. The van der Waals surface area contributed by atoms with E-state index in [-0.39, 0.29) is 6.04 Å². The molecule has 0 fully saturated rings. The molecule has 2 heterocycles. The van der Waals surface area contributed by atoms with E-state index in [0.29, 0.717) is 5.75 Å². The highest BCUT2D eigenvalue weighted by Gasteiger charge is 2.12. The minimum Gasteiger partial charge on any atom is -0.495 e. The third-order valence-electron chi connectivity index (χ3n) is 2.01. The number of hydrogen-bond acceptors (Lipinski definition) is 6. The number of methoxy groups -OCH3 is 1. The van der Waals surface area contributed by atoms with Gasteiger partial charge in [0.1, 0.15) is 5.75 Å². The molecule has 2 N–H and O–H groups in total. The molecule has 0 saturated heterocycles. The minimum atomic E-state index is -0.243. The Balaban J connectivity index is 2.29. The molecule has 5 nitrogen and oxygen atoms in total. The van der Waals surface area contributed by atoms with Crippen LogP contribution < -0.4 is 10.5 Å². The Morgan fingerprint density at radius 3 is 2.93 bits per heavy atom. The molecule has 1 unspecified atom stereocenters. The second-order valence-corrected chi connectivity index (χ2v) is 3.77. The molecule has 2 aromatic heterocycles. The van der Waals surface area contributed by atoms with E-state index in [1.807, 2.05) is 6.07 Å². The molecule has 0 radical (unpaired) electrons. The maximum absolute atomic E-state index is 6.02. The first-order chi connectivity index (χ1) is 7.31. The predicted molar refractivity (Wildman–Crippen MR) is 56.7 cm³/mol. The van der Waals surface area contributed by atoms with Crippen LogP contribution in [0.15, 0.2) is 24.7 Å². The van der Waals surface area contributed by atoms with Gasteiger partial charge in [0.2, 0.25) is 0 Å². The van der Waals surface area contributed by atoms with E-state index in [1.165, 1.54) is 11.5 Å². The van der Waals surface area contributed by atoms with Crippen LogP contribution in [0.4, 0.5) is 0 Å². The van der Waals surface area contributed by atoms with Gasteiger partial charge in [-0.05, 0) is 23.2 Å². The van der Waals surface area contributed by atoms with E-state index < -0.39 is 0 Å². The monoisotopic (exact) mass is 222 g/mol. The van der Waals surface area contributed by atoms with E-state index in [2.05, 4.69) is 14.6 Å². The topological polar surface area (TPSA) is 73.9 Å². The second kappa shape index (κ2) is 4.33. The average Bonchev–Trinajstić information content (AvgIpc) is 2.81. The number of pyridine rings is 1. The molecule has 0 spiro atoms. The largest absolute Gasteiger partial charge is 0.495 e. The Hall–Kier alpha value is -1.53. The smallest absolute Gasteiger partial charge is 0.137 e. The number of nitrogens with zero attached hydrogens (tertiary/aromatic N) is 3. The first kappa shape index (κ1) is 10.0. The molecule has 0 saturated carbocycles. The summed E-state index contributed by atoms with van der Waals surface area (Å²) in [5.41, 5.74) is 6.91. The highest BCUT2D eigenvalue weighted by molar-refractivity contribution is 7.05. The molecule has 15 heavy (non-hydrogen) atoms. The lowest BCUT2D eigenvalue weighted by Gasteiger charge is -2.09. The number of ether oxygens (including phenoxy) is 1. The molecule has 0 aliphatic rings. The number of rotatable bonds is 3. The Morgan fingerprint density at radius 1 is 1.40 bits per heavy atom. The Morgan fingerprint density at radius 2 is 2.27 bits per heavy atom. The van der Waals surface area contributed by atoms with Crippen molar-refractivity contribution < 1.29 is 4.74 Å². The Labute approximate surface area is 91.1 Å². The van der Waals surface area contributed by atoms with Crippen molar-refractivity contribution in [1.82, 2.24) is 14.6 Å². The van der Waals surface area contributed by atoms with Gasteiger partial charge >= 0.3 is 0 Å². The number of nitrogens with two attached hydrogens (primary N) is 1. The van der Waals surface area contributed by atoms with Crippen molar-refractivity contribution in [3.05, 3.63) is 35.1 Å². The number of aromatic nitrogens is 3. The maximum atomic E-state index is 6.02. The van der Waals surface area contributed by atoms with Crippen LogP contribution >= 0.6 is 11.5 Å². The molecule has 2 rings (SSSR count). The van der Waals surface area contributed by atoms with Crippen molar-refractivity contribution in [2.75, 3.05) is 7.11 Å². The zero-order chi connectivity index (χ0) is 10.7. The minimum absolute atomic E-state index is 0.243. The molecule has 0 aliphatic carbocycles. The van der Waals surface area contributed by atoms with Crippen LogP contribution in [0.3, 0.4) is 0 Å². The van der Waals surface area contributed by atoms with Crippen LogP contribution in [0.2, 0.25) is 0 Å². The van der Waals surface area contributed by atoms with Gasteiger partial charge in [-0.15, -0.1) is 5.10 Å². The molecule has 0 bridgehead atoms. The highest BCUT2D eigenvalue weighted by atomic mass is 32.1. The summed E-state index contributed by atoms with van der Waals surface area (Å²) < 4.78 is 8.85. The van der Waals surface area contributed by atoms with Crippen LogP contribution in [0.5, 0.6) is 5.75 Å². The van der Waals surface area contributed by atoms with Gasteiger partial charge in [-0.1, -0.05) is 4.49 Å². The molecule has 6 heteroatoms. The molecule has 78 valence electrons. The number of hydrogen-bond donors (Lipinski definition) is 1. The zero-order valence-electron chi connectivity index (χ0n) is 8.12. The van der Waals surface area contributed by atoms with Crippen molar-refractivity contribution >= 4 is 11.5 Å². The van der Waals surface area contributed by atoms with Crippen molar-refractivity contribution in [1.29, 1.82) is 0 Å². The van der Waals surface area contributed by atoms with E-state index in [4.69, 9.17) is 10.5 Å². The Kier molecular flexibility index (Phi) is 2.89. The van der Waals surface area contributed by atoms with Gasteiger partial charge in [0, 0.05) is 6.20 Å². The van der Waals surface area contributed by atoms with Gasteiger partial charge in [0.15, 0.2) is 0 Å². The zero-order valence-corrected chi connectivity index (χ0v) is 8.94. The lowest BCUT2D eigenvalue weighted by molar-refractivity contribution is 0.412. The van der Waals surface area contributed by atoms with Gasteiger partial charge in [-0.3, -0.25) is 4.98 Å². The SMILES string of the molecule is COc1cncc(C(N)c2cnns2)c1. The van der Waals surface area contributed by atoms with Crippen molar-refractivity contribution in [3.8, 4) is 5.75 Å². The molecule has 2 aromatic rings. The summed E-state index contributed by atoms with van der Waals surface area (Å²) in [5, 5.41) is 3.75. The summed E-state index contributed by atoms with van der Waals surface area (Å²) in [6.07, 6.45) is 5.02. The van der Waals surface area contributed by atoms with Crippen LogP contribution in [0.25, 0.3) is 0 Å². The average molecular weight is 222 g/mol. The molecular formula is C9H10N4OS. The van der Waals surface area contributed by atoms with Crippen molar-refractivity contribution in [2.45, 2.75) is 6.04 Å². The van der Waals surface area contributed by atoms with E-state index in [0.717, 1.165) is 10.4 Å². The first-order valence-corrected chi connectivity index (χ1v) is 5.10. The summed E-state index contributed by atoms with van der Waals surface area (Å²) in [6.45, 7) is 0. The predicted octanol–water partition coefficient (Wildman–Crippen LogP) is 0.990. The lowest BCUT2D eigenvalue weighted by Crippen LogP contribution is -2.10. The molecule has 0 aliphatic heterocycles. The van der Waals surface area contributed by atoms with Crippen LogP contribution in [0.1, 0.15) is 16.5 Å².